The fourth-order valence-corrected chi connectivity index (χ4v) is 4.13. The van der Waals surface area contributed by atoms with Crippen molar-refractivity contribution in [2.45, 2.75) is 32.2 Å². The van der Waals surface area contributed by atoms with Crippen molar-refractivity contribution in [1.82, 2.24) is 9.62 Å². The first kappa shape index (κ1) is 22.9. The quantitative estimate of drug-likeness (QED) is 0.627. The minimum Gasteiger partial charge on any atom is -0.354 e. The zero-order valence-corrected chi connectivity index (χ0v) is 19.2. The van der Waals surface area contributed by atoms with E-state index in [9.17, 15) is 13.2 Å². The second-order valence-corrected chi connectivity index (χ2v) is 11.0. The third kappa shape index (κ3) is 6.88. The van der Waals surface area contributed by atoms with Gasteiger partial charge in [-0.25, -0.2) is 8.42 Å². The Balaban J connectivity index is 2.28. The molecular weight excluding hydrogens is 464 g/mol. The fraction of sp³-hybridized carbons (Fsp3) is 0.350. The molecule has 0 unspecified atom stereocenters. The van der Waals surface area contributed by atoms with E-state index in [4.69, 9.17) is 11.6 Å². The molecule has 1 N–H and O–H groups in total. The van der Waals surface area contributed by atoms with Crippen LogP contribution < -0.4 is 5.32 Å². The minimum absolute atomic E-state index is 0.0680. The molecule has 152 valence electrons. The molecule has 2 rings (SSSR count). The molecule has 0 aliphatic carbocycles. The van der Waals surface area contributed by atoms with Crippen LogP contribution in [0.25, 0.3) is 0 Å². The molecule has 0 radical (unpaired) electrons. The largest absolute Gasteiger partial charge is 0.354 e. The molecule has 0 aliphatic rings. The summed E-state index contributed by atoms with van der Waals surface area (Å²) in [5, 5.41) is 3.37. The third-order valence-electron chi connectivity index (χ3n) is 3.86. The van der Waals surface area contributed by atoms with Gasteiger partial charge in [0.05, 0.1) is 11.4 Å². The number of hydrogen-bond donors (Lipinski definition) is 1. The molecule has 0 heterocycles. The lowest BCUT2D eigenvalue weighted by atomic mass is 9.97. The van der Waals surface area contributed by atoms with Gasteiger partial charge in [0.1, 0.15) is 0 Å². The highest BCUT2D eigenvalue weighted by molar-refractivity contribution is 9.10. The smallest absolute Gasteiger partial charge is 0.243 e. The fourth-order valence-electron chi connectivity index (χ4n) is 2.35. The van der Waals surface area contributed by atoms with Gasteiger partial charge in [-0.1, -0.05) is 60.4 Å². The van der Waals surface area contributed by atoms with Crippen LogP contribution in [0, 0.1) is 5.41 Å². The van der Waals surface area contributed by atoms with E-state index in [1.807, 2.05) is 20.8 Å². The van der Waals surface area contributed by atoms with Crippen molar-refractivity contribution < 1.29 is 13.2 Å². The molecule has 0 saturated heterocycles. The number of sulfonamides is 1. The Morgan fingerprint density at radius 3 is 2.18 bits per heavy atom. The first-order valence-electron chi connectivity index (χ1n) is 8.74. The number of amides is 1. The van der Waals surface area contributed by atoms with Crippen molar-refractivity contribution in [3.63, 3.8) is 0 Å². The normalized spacial score (nSPS) is 12.2. The highest BCUT2D eigenvalue weighted by atomic mass is 79.9. The summed E-state index contributed by atoms with van der Waals surface area (Å²) in [4.78, 5) is 12.6. The second kappa shape index (κ2) is 9.39. The van der Waals surface area contributed by atoms with Gasteiger partial charge in [0.25, 0.3) is 0 Å². The van der Waals surface area contributed by atoms with E-state index in [2.05, 4.69) is 21.2 Å². The van der Waals surface area contributed by atoms with Crippen LogP contribution in [0.5, 0.6) is 0 Å². The molecule has 0 atom stereocenters. The molecule has 0 aromatic heterocycles. The summed E-state index contributed by atoms with van der Waals surface area (Å²) in [6.07, 6.45) is 0. The van der Waals surface area contributed by atoms with Crippen molar-refractivity contribution >= 4 is 43.5 Å². The second-order valence-electron chi connectivity index (χ2n) is 7.69. The standard InChI is InChI=1S/C20H24BrClN2O3S/c1-20(2,3)14-23-19(25)13-24(12-15-4-8-17(22)9-5-15)28(26,27)18-10-6-16(21)7-11-18/h4-11H,12-14H2,1-3H3,(H,23,25). The van der Waals surface area contributed by atoms with Crippen LogP contribution in [0.3, 0.4) is 0 Å². The number of nitrogens with one attached hydrogen (secondary N) is 1. The first-order valence-corrected chi connectivity index (χ1v) is 11.4. The molecule has 2 aromatic carbocycles. The number of rotatable bonds is 7. The topological polar surface area (TPSA) is 66.5 Å². The molecule has 8 heteroatoms. The van der Waals surface area contributed by atoms with E-state index in [-0.39, 0.29) is 29.3 Å². The molecule has 1 amide bonds. The van der Waals surface area contributed by atoms with E-state index in [1.54, 1.807) is 36.4 Å². The van der Waals surface area contributed by atoms with E-state index in [0.29, 0.717) is 11.6 Å². The molecule has 2 aromatic rings. The number of carbonyl (C=O) groups is 1. The average molecular weight is 488 g/mol. The molecule has 28 heavy (non-hydrogen) atoms. The summed E-state index contributed by atoms with van der Waals surface area (Å²) in [6.45, 7) is 6.25. The Labute approximate surface area is 180 Å². The van der Waals surface area contributed by atoms with E-state index < -0.39 is 10.0 Å². The number of hydrogen-bond acceptors (Lipinski definition) is 3. The zero-order valence-electron chi connectivity index (χ0n) is 16.1. The lowest BCUT2D eigenvalue weighted by molar-refractivity contribution is -0.121. The molecule has 0 fully saturated rings. The maximum absolute atomic E-state index is 13.2. The van der Waals surface area contributed by atoms with Gasteiger partial charge < -0.3 is 5.32 Å². The van der Waals surface area contributed by atoms with Crippen LogP contribution in [0.2, 0.25) is 5.02 Å². The third-order valence-corrected chi connectivity index (χ3v) is 6.45. The highest BCUT2D eigenvalue weighted by Crippen LogP contribution is 2.21. The summed E-state index contributed by atoms with van der Waals surface area (Å²) in [5.41, 5.74) is 0.648. The molecule has 0 bridgehead atoms. The lowest BCUT2D eigenvalue weighted by Gasteiger charge is -2.24. The Hall–Kier alpha value is -1.41. The number of benzene rings is 2. The van der Waals surface area contributed by atoms with Gasteiger partial charge in [-0.3, -0.25) is 4.79 Å². The van der Waals surface area contributed by atoms with Crippen LogP contribution >= 0.6 is 27.5 Å². The summed E-state index contributed by atoms with van der Waals surface area (Å²) in [6, 6.07) is 13.2. The lowest BCUT2D eigenvalue weighted by Crippen LogP contribution is -2.42. The number of carbonyl (C=O) groups excluding carboxylic acids is 1. The first-order chi connectivity index (χ1) is 13.0. The average Bonchev–Trinajstić information content (AvgIpc) is 2.61. The number of nitrogens with zero attached hydrogens (tertiary/aromatic N) is 1. The predicted molar refractivity (Wildman–Crippen MR) is 116 cm³/mol. The van der Waals surface area contributed by atoms with Gasteiger partial charge >= 0.3 is 0 Å². The van der Waals surface area contributed by atoms with Crippen molar-refractivity contribution in [3.8, 4) is 0 Å². The summed E-state index contributed by atoms with van der Waals surface area (Å²) < 4.78 is 28.3. The van der Waals surface area contributed by atoms with Gasteiger partial charge in [-0.2, -0.15) is 4.31 Å². The molecule has 0 saturated carbocycles. The molecule has 0 spiro atoms. The monoisotopic (exact) mass is 486 g/mol. The summed E-state index contributed by atoms with van der Waals surface area (Å²) in [7, 11) is -3.86. The molecule has 5 nitrogen and oxygen atoms in total. The van der Waals surface area contributed by atoms with Crippen molar-refractivity contribution in [3.05, 3.63) is 63.6 Å². The maximum Gasteiger partial charge on any atom is 0.243 e. The van der Waals surface area contributed by atoms with E-state index in [0.717, 1.165) is 10.0 Å². The zero-order chi connectivity index (χ0) is 20.9. The predicted octanol–water partition coefficient (Wildman–Crippen LogP) is 4.46. The van der Waals surface area contributed by atoms with E-state index in [1.165, 1.54) is 16.4 Å². The summed E-state index contributed by atoms with van der Waals surface area (Å²) >= 11 is 9.22. The Morgan fingerprint density at radius 1 is 1.07 bits per heavy atom. The number of halogens is 2. The van der Waals surface area contributed by atoms with Gasteiger partial charge in [-0.15, -0.1) is 0 Å². The maximum atomic E-state index is 13.2. The van der Waals surface area contributed by atoms with Crippen LogP contribution in [-0.4, -0.2) is 31.7 Å². The Kier molecular flexibility index (Phi) is 7.67. The molecule has 0 aliphatic heterocycles. The minimum atomic E-state index is -3.86. The van der Waals surface area contributed by atoms with Crippen molar-refractivity contribution in [2.75, 3.05) is 13.1 Å². The van der Waals surface area contributed by atoms with E-state index >= 15 is 0 Å². The van der Waals surface area contributed by atoms with Crippen LogP contribution in [0.4, 0.5) is 0 Å². The van der Waals surface area contributed by atoms with Gasteiger partial charge in [0.2, 0.25) is 15.9 Å². The van der Waals surface area contributed by atoms with Gasteiger partial charge in [-0.05, 0) is 47.4 Å². The highest BCUT2D eigenvalue weighted by Gasteiger charge is 2.27. The van der Waals surface area contributed by atoms with Crippen molar-refractivity contribution in [1.29, 1.82) is 0 Å². The SMILES string of the molecule is CC(C)(C)CNC(=O)CN(Cc1ccc(Cl)cc1)S(=O)(=O)c1ccc(Br)cc1. The van der Waals surface area contributed by atoms with Crippen LogP contribution in [0.15, 0.2) is 57.9 Å². The Morgan fingerprint density at radius 2 is 1.64 bits per heavy atom. The summed E-state index contributed by atoms with van der Waals surface area (Å²) in [5.74, 6) is -0.343. The Bertz CT molecular complexity index is 908. The van der Waals surface area contributed by atoms with Crippen molar-refractivity contribution in [2.24, 2.45) is 5.41 Å². The van der Waals surface area contributed by atoms with Crippen LogP contribution in [-0.2, 0) is 21.4 Å². The van der Waals surface area contributed by atoms with Crippen LogP contribution in [0.1, 0.15) is 26.3 Å². The van der Waals surface area contributed by atoms with Gasteiger partial charge in [0.15, 0.2) is 0 Å². The van der Waals surface area contributed by atoms with Gasteiger partial charge in [0, 0.05) is 22.6 Å². The molecular formula is C20H24BrClN2O3S.